The van der Waals surface area contributed by atoms with Crippen LogP contribution in [0.1, 0.15) is 39.0 Å². The van der Waals surface area contributed by atoms with Crippen LogP contribution in [0.4, 0.5) is 0 Å². The molecular weight excluding hydrogens is 240 g/mol. The van der Waals surface area contributed by atoms with Crippen molar-refractivity contribution in [1.29, 1.82) is 0 Å². The lowest BCUT2D eigenvalue weighted by Crippen LogP contribution is -2.55. The minimum Gasteiger partial charge on any atom is -0.380 e. The molecule has 1 atom stereocenters. The number of nitrogens with one attached hydrogen (secondary N) is 1. The predicted molar refractivity (Wildman–Crippen MR) is 76.0 cm³/mol. The Balaban J connectivity index is 2.00. The highest BCUT2D eigenvalue weighted by molar-refractivity contribution is 5.87. The third-order valence-corrected chi connectivity index (χ3v) is 4.25. The van der Waals surface area contributed by atoms with Crippen molar-refractivity contribution in [3.05, 3.63) is 11.6 Å². The van der Waals surface area contributed by atoms with E-state index in [2.05, 4.69) is 18.3 Å². The maximum absolute atomic E-state index is 12.8. The van der Waals surface area contributed by atoms with E-state index in [1.54, 1.807) is 7.11 Å². The molecule has 1 N–H and O–H groups in total. The zero-order chi connectivity index (χ0) is 13.7. The van der Waals surface area contributed by atoms with Gasteiger partial charge in [-0.1, -0.05) is 19.4 Å². The lowest BCUT2D eigenvalue weighted by molar-refractivity contribution is -0.138. The molecule has 108 valence electrons. The summed E-state index contributed by atoms with van der Waals surface area (Å²) < 4.78 is 5.15. The summed E-state index contributed by atoms with van der Waals surface area (Å²) >= 11 is 0. The van der Waals surface area contributed by atoms with Gasteiger partial charge in [0.2, 0.25) is 5.91 Å². The summed E-state index contributed by atoms with van der Waals surface area (Å²) in [5.41, 5.74) is 1.04. The Labute approximate surface area is 116 Å². The summed E-state index contributed by atoms with van der Waals surface area (Å²) in [6, 6.07) is 0. The largest absolute Gasteiger partial charge is 0.380 e. The fourth-order valence-electron chi connectivity index (χ4n) is 3.25. The van der Waals surface area contributed by atoms with Crippen molar-refractivity contribution < 1.29 is 9.53 Å². The Morgan fingerprint density at radius 2 is 2.42 bits per heavy atom. The molecule has 0 saturated carbocycles. The molecule has 4 heteroatoms. The molecule has 2 aliphatic rings. The van der Waals surface area contributed by atoms with Crippen LogP contribution in [0, 0.1) is 0 Å². The molecule has 1 amide bonds. The number of nitrogens with zero attached hydrogens (tertiary/aromatic N) is 1. The van der Waals surface area contributed by atoms with E-state index in [4.69, 9.17) is 4.74 Å². The van der Waals surface area contributed by atoms with E-state index in [1.807, 2.05) is 4.90 Å². The molecule has 0 aromatic rings. The quantitative estimate of drug-likeness (QED) is 0.770. The van der Waals surface area contributed by atoms with Crippen LogP contribution in [0.25, 0.3) is 0 Å². The number of carbonyl (C=O) groups excluding carboxylic acids is 1. The maximum atomic E-state index is 12.8. The third-order valence-electron chi connectivity index (χ3n) is 4.25. The van der Waals surface area contributed by atoms with Crippen molar-refractivity contribution >= 4 is 5.91 Å². The molecule has 0 radical (unpaired) electrons. The summed E-state index contributed by atoms with van der Waals surface area (Å²) in [5, 5.41) is 3.47. The first-order valence-corrected chi connectivity index (χ1v) is 7.43. The second-order valence-electron chi connectivity index (χ2n) is 5.66. The molecule has 1 saturated heterocycles. The van der Waals surface area contributed by atoms with Crippen LogP contribution in [-0.2, 0) is 9.53 Å². The molecule has 19 heavy (non-hydrogen) atoms. The summed E-state index contributed by atoms with van der Waals surface area (Å²) in [6.07, 6.45) is 7.21. The molecule has 0 aliphatic carbocycles. The van der Waals surface area contributed by atoms with Crippen molar-refractivity contribution in [3.63, 3.8) is 0 Å². The van der Waals surface area contributed by atoms with Crippen LogP contribution in [-0.4, -0.2) is 49.7 Å². The van der Waals surface area contributed by atoms with E-state index in [1.165, 1.54) is 5.57 Å². The second kappa shape index (κ2) is 6.53. The van der Waals surface area contributed by atoms with Gasteiger partial charge in [0.05, 0.1) is 12.1 Å². The van der Waals surface area contributed by atoms with E-state index in [-0.39, 0.29) is 5.54 Å². The second-order valence-corrected chi connectivity index (χ2v) is 5.66. The van der Waals surface area contributed by atoms with E-state index in [9.17, 15) is 4.79 Å². The lowest BCUT2D eigenvalue weighted by atomic mass is 9.89. The highest BCUT2D eigenvalue weighted by Crippen LogP contribution is 2.28. The summed E-state index contributed by atoms with van der Waals surface area (Å²) in [5.74, 6) is 0.305. The number of amides is 1. The van der Waals surface area contributed by atoms with Gasteiger partial charge in [0, 0.05) is 20.2 Å². The third kappa shape index (κ3) is 3.18. The predicted octanol–water partition coefficient (Wildman–Crippen LogP) is 1.71. The van der Waals surface area contributed by atoms with Crippen LogP contribution in [0.15, 0.2) is 11.6 Å². The van der Waals surface area contributed by atoms with E-state index >= 15 is 0 Å². The topological polar surface area (TPSA) is 41.6 Å². The van der Waals surface area contributed by atoms with Gasteiger partial charge in [-0.25, -0.2) is 0 Å². The molecule has 0 spiro atoms. The molecule has 2 rings (SSSR count). The minimum absolute atomic E-state index is 0.276. The van der Waals surface area contributed by atoms with Crippen LogP contribution in [0.2, 0.25) is 0 Å². The Morgan fingerprint density at radius 3 is 2.95 bits per heavy atom. The Kier molecular flexibility index (Phi) is 4.99. The van der Waals surface area contributed by atoms with Crippen LogP contribution in [0.5, 0.6) is 0 Å². The number of carbonyl (C=O) groups is 1. The zero-order valence-corrected chi connectivity index (χ0v) is 12.2. The molecule has 0 aromatic carbocycles. The normalized spacial score (nSPS) is 27.5. The number of hydrogen-bond donors (Lipinski definition) is 1. The minimum atomic E-state index is -0.276. The maximum Gasteiger partial charge on any atom is 0.243 e. The molecule has 0 bridgehead atoms. The Hall–Kier alpha value is -0.870. The fourth-order valence-corrected chi connectivity index (χ4v) is 3.25. The Morgan fingerprint density at radius 1 is 1.58 bits per heavy atom. The average Bonchev–Trinajstić information content (AvgIpc) is 2.89. The zero-order valence-electron chi connectivity index (χ0n) is 12.2. The Bertz CT molecular complexity index is 346. The van der Waals surface area contributed by atoms with Crippen molar-refractivity contribution in [2.45, 2.75) is 44.6 Å². The standard InChI is InChI=1S/C15H26N2O2/c1-3-7-15(8-4-9-16-15)14(18)17-10-5-13(6-11-17)12-19-2/h5,16H,3-4,6-12H2,1-2H3. The van der Waals surface area contributed by atoms with E-state index in [0.29, 0.717) is 12.5 Å². The number of rotatable bonds is 5. The summed E-state index contributed by atoms with van der Waals surface area (Å²) in [4.78, 5) is 14.8. The SMILES string of the molecule is CCCC1(C(=O)N2CC=C(COC)CC2)CCCN1. The lowest BCUT2D eigenvalue weighted by Gasteiger charge is -2.36. The molecule has 2 heterocycles. The molecule has 1 unspecified atom stereocenters. The monoisotopic (exact) mass is 266 g/mol. The first kappa shape index (κ1) is 14.5. The number of methoxy groups -OCH3 is 1. The highest BCUT2D eigenvalue weighted by Gasteiger charge is 2.42. The highest BCUT2D eigenvalue weighted by atomic mass is 16.5. The molecular formula is C15H26N2O2. The van der Waals surface area contributed by atoms with E-state index < -0.39 is 0 Å². The van der Waals surface area contributed by atoms with Crippen molar-refractivity contribution in [2.24, 2.45) is 0 Å². The molecule has 1 fully saturated rings. The van der Waals surface area contributed by atoms with Gasteiger partial charge in [0.1, 0.15) is 0 Å². The first-order chi connectivity index (χ1) is 9.22. The smallest absolute Gasteiger partial charge is 0.243 e. The van der Waals surface area contributed by atoms with Gasteiger partial charge in [-0.15, -0.1) is 0 Å². The average molecular weight is 266 g/mol. The van der Waals surface area contributed by atoms with Gasteiger partial charge in [0.25, 0.3) is 0 Å². The van der Waals surface area contributed by atoms with Crippen molar-refractivity contribution in [1.82, 2.24) is 10.2 Å². The van der Waals surface area contributed by atoms with Crippen LogP contribution in [0.3, 0.4) is 0 Å². The fraction of sp³-hybridized carbons (Fsp3) is 0.800. The number of hydrogen-bond acceptors (Lipinski definition) is 3. The molecule has 0 aromatic heterocycles. The first-order valence-electron chi connectivity index (χ1n) is 7.43. The van der Waals surface area contributed by atoms with Gasteiger partial charge in [-0.3, -0.25) is 4.79 Å². The van der Waals surface area contributed by atoms with Gasteiger partial charge in [0.15, 0.2) is 0 Å². The molecule has 4 nitrogen and oxygen atoms in total. The summed E-state index contributed by atoms with van der Waals surface area (Å²) in [6.45, 7) is 5.40. The van der Waals surface area contributed by atoms with Gasteiger partial charge in [-0.2, -0.15) is 0 Å². The van der Waals surface area contributed by atoms with Gasteiger partial charge in [-0.05, 0) is 37.8 Å². The molecule has 2 aliphatic heterocycles. The van der Waals surface area contributed by atoms with Crippen LogP contribution < -0.4 is 5.32 Å². The van der Waals surface area contributed by atoms with Crippen molar-refractivity contribution in [3.8, 4) is 0 Å². The van der Waals surface area contributed by atoms with Crippen molar-refractivity contribution in [2.75, 3.05) is 33.4 Å². The van der Waals surface area contributed by atoms with Gasteiger partial charge < -0.3 is 15.0 Å². The van der Waals surface area contributed by atoms with Gasteiger partial charge >= 0.3 is 0 Å². The van der Waals surface area contributed by atoms with E-state index in [0.717, 1.165) is 51.7 Å². The number of ether oxygens (including phenoxy) is 1. The van der Waals surface area contributed by atoms with Crippen LogP contribution >= 0.6 is 0 Å². The summed E-state index contributed by atoms with van der Waals surface area (Å²) in [7, 11) is 1.72.